The SMILES string of the molecule is CCC(=O)Nc1ccc2c(c1)OC[C@H](C)N(Cc1ccccc1)C[C@@H](C)[C@@H](OC)CN(C)C2=O. The number of ether oxygens (including phenoxy) is 2. The summed E-state index contributed by atoms with van der Waals surface area (Å²) < 4.78 is 12.1. The predicted molar refractivity (Wildman–Crippen MR) is 134 cm³/mol. The van der Waals surface area contributed by atoms with Crippen LogP contribution in [-0.4, -0.2) is 67.6 Å². The first-order valence-electron chi connectivity index (χ1n) is 11.9. The largest absolute Gasteiger partial charge is 0.491 e. The molecule has 1 aliphatic heterocycles. The van der Waals surface area contributed by atoms with E-state index in [9.17, 15) is 9.59 Å². The summed E-state index contributed by atoms with van der Waals surface area (Å²) in [6.07, 6.45) is 0.271. The number of likely N-dealkylation sites (N-methyl/N-ethyl adjacent to an activating group) is 1. The normalized spacial score (nSPS) is 22.2. The number of carbonyl (C=O) groups excluding carboxylic acids is 2. The lowest BCUT2D eigenvalue weighted by Crippen LogP contribution is -2.46. The molecule has 2 aromatic carbocycles. The molecule has 3 atom stereocenters. The van der Waals surface area contributed by atoms with Crippen molar-refractivity contribution in [2.75, 3.05) is 39.2 Å². The molecule has 34 heavy (non-hydrogen) atoms. The van der Waals surface area contributed by atoms with E-state index in [0.717, 1.165) is 13.1 Å². The van der Waals surface area contributed by atoms with E-state index in [1.807, 2.05) is 6.07 Å². The number of amides is 2. The highest BCUT2D eigenvalue weighted by Crippen LogP contribution is 2.27. The average molecular weight is 468 g/mol. The first-order valence-corrected chi connectivity index (χ1v) is 11.9. The second-order valence-corrected chi connectivity index (χ2v) is 9.12. The molecule has 1 heterocycles. The minimum atomic E-state index is -0.132. The third-order valence-corrected chi connectivity index (χ3v) is 6.41. The van der Waals surface area contributed by atoms with Crippen LogP contribution in [0, 0.1) is 5.92 Å². The highest BCUT2D eigenvalue weighted by atomic mass is 16.5. The molecule has 0 aromatic heterocycles. The number of nitrogens with one attached hydrogen (secondary N) is 1. The van der Waals surface area contributed by atoms with E-state index in [1.165, 1.54) is 5.56 Å². The van der Waals surface area contributed by atoms with Crippen molar-refractivity contribution in [2.24, 2.45) is 5.92 Å². The fraction of sp³-hybridized carbons (Fsp3) is 0.481. The summed E-state index contributed by atoms with van der Waals surface area (Å²) in [4.78, 5) is 29.3. The molecule has 0 unspecified atom stereocenters. The van der Waals surface area contributed by atoms with Gasteiger partial charge in [-0.3, -0.25) is 14.5 Å². The lowest BCUT2D eigenvalue weighted by molar-refractivity contribution is -0.115. The van der Waals surface area contributed by atoms with Crippen LogP contribution in [0.2, 0.25) is 0 Å². The van der Waals surface area contributed by atoms with Gasteiger partial charge in [-0.25, -0.2) is 0 Å². The third-order valence-electron chi connectivity index (χ3n) is 6.41. The van der Waals surface area contributed by atoms with Gasteiger partial charge < -0.3 is 19.7 Å². The smallest absolute Gasteiger partial charge is 0.257 e. The molecule has 2 aromatic rings. The van der Waals surface area contributed by atoms with E-state index in [-0.39, 0.29) is 29.9 Å². The zero-order chi connectivity index (χ0) is 24.7. The van der Waals surface area contributed by atoms with Gasteiger partial charge in [0.1, 0.15) is 12.4 Å². The molecule has 0 fully saturated rings. The van der Waals surface area contributed by atoms with Crippen LogP contribution < -0.4 is 10.1 Å². The van der Waals surface area contributed by atoms with E-state index in [4.69, 9.17) is 9.47 Å². The van der Waals surface area contributed by atoms with Crippen molar-refractivity contribution < 1.29 is 19.1 Å². The number of hydrogen-bond acceptors (Lipinski definition) is 5. The van der Waals surface area contributed by atoms with Crippen LogP contribution in [0.15, 0.2) is 48.5 Å². The van der Waals surface area contributed by atoms with Crippen molar-refractivity contribution in [3.63, 3.8) is 0 Å². The van der Waals surface area contributed by atoms with Crippen LogP contribution in [0.4, 0.5) is 5.69 Å². The van der Waals surface area contributed by atoms with Gasteiger partial charge >= 0.3 is 0 Å². The number of hydrogen-bond donors (Lipinski definition) is 1. The van der Waals surface area contributed by atoms with Gasteiger partial charge in [-0.1, -0.05) is 44.2 Å². The summed E-state index contributed by atoms with van der Waals surface area (Å²) >= 11 is 0. The van der Waals surface area contributed by atoms with Crippen molar-refractivity contribution in [2.45, 2.75) is 45.9 Å². The van der Waals surface area contributed by atoms with Gasteiger partial charge in [-0.2, -0.15) is 0 Å². The van der Waals surface area contributed by atoms with Crippen molar-refractivity contribution in [3.05, 3.63) is 59.7 Å². The molecule has 3 rings (SSSR count). The monoisotopic (exact) mass is 467 g/mol. The standard InChI is InChI=1S/C27H37N3O4/c1-6-26(31)28-22-12-13-23-24(14-22)34-18-20(3)30(16-21-10-8-7-9-11-21)15-19(2)25(33-5)17-29(4)27(23)32/h7-14,19-20,25H,6,15-18H2,1-5H3,(H,28,31)/t19-,20+,25+/m1/s1. The quantitative estimate of drug-likeness (QED) is 0.719. The number of methoxy groups -OCH3 is 1. The van der Waals surface area contributed by atoms with Gasteiger partial charge in [0, 0.05) is 58.0 Å². The number of fused-ring (bicyclic) bond motifs is 1. The minimum Gasteiger partial charge on any atom is -0.491 e. The summed E-state index contributed by atoms with van der Waals surface area (Å²) in [6, 6.07) is 15.7. The molecule has 1 aliphatic rings. The van der Waals surface area contributed by atoms with Crippen molar-refractivity contribution in [1.29, 1.82) is 0 Å². The highest BCUT2D eigenvalue weighted by molar-refractivity contribution is 5.98. The Morgan fingerprint density at radius 3 is 2.56 bits per heavy atom. The van der Waals surface area contributed by atoms with Crippen molar-refractivity contribution in [1.82, 2.24) is 9.80 Å². The molecule has 0 saturated heterocycles. The summed E-state index contributed by atoms with van der Waals surface area (Å²) in [5.74, 6) is 0.458. The Morgan fingerprint density at radius 1 is 1.15 bits per heavy atom. The zero-order valence-corrected chi connectivity index (χ0v) is 20.9. The molecule has 7 nitrogen and oxygen atoms in total. The highest BCUT2D eigenvalue weighted by Gasteiger charge is 2.28. The summed E-state index contributed by atoms with van der Waals surface area (Å²) in [6.45, 7) is 8.58. The van der Waals surface area contributed by atoms with E-state index in [2.05, 4.69) is 48.3 Å². The molecule has 2 amide bonds. The number of carbonyl (C=O) groups is 2. The van der Waals surface area contributed by atoms with Crippen LogP contribution in [0.5, 0.6) is 5.75 Å². The molecular formula is C27H37N3O4. The van der Waals surface area contributed by atoms with E-state index >= 15 is 0 Å². The van der Waals surface area contributed by atoms with E-state index in [0.29, 0.717) is 36.6 Å². The molecule has 7 heteroatoms. The van der Waals surface area contributed by atoms with Gasteiger partial charge in [0.2, 0.25) is 5.91 Å². The van der Waals surface area contributed by atoms with Crippen molar-refractivity contribution >= 4 is 17.5 Å². The average Bonchev–Trinajstić information content (AvgIpc) is 2.84. The number of rotatable bonds is 5. The molecule has 0 bridgehead atoms. The van der Waals surface area contributed by atoms with Crippen LogP contribution in [0.1, 0.15) is 43.1 Å². The molecule has 184 valence electrons. The molecule has 0 aliphatic carbocycles. The molecule has 0 radical (unpaired) electrons. The van der Waals surface area contributed by atoms with Gasteiger partial charge in [0.15, 0.2) is 0 Å². The maximum atomic E-state index is 13.3. The van der Waals surface area contributed by atoms with Gasteiger partial charge in [-0.05, 0) is 30.5 Å². The number of nitrogens with zero attached hydrogens (tertiary/aromatic N) is 2. The Bertz CT molecular complexity index is 966. The zero-order valence-electron chi connectivity index (χ0n) is 20.9. The van der Waals surface area contributed by atoms with Gasteiger partial charge in [0.25, 0.3) is 5.91 Å². The van der Waals surface area contributed by atoms with E-state index in [1.54, 1.807) is 44.2 Å². The first-order chi connectivity index (χ1) is 16.3. The van der Waals surface area contributed by atoms with Crippen molar-refractivity contribution in [3.8, 4) is 5.75 Å². The van der Waals surface area contributed by atoms with Crippen LogP contribution in [0.3, 0.4) is 0 Å². The first kappa shape index (κ1) is 25.7. The van der Waals surface area contributed by atoms with Crippen LogP contribution in [0.25, 0.3) is 0 Å². The lowest BCUT2D eigenvalue weighted by atomic mass is 10.0. The maximum Gasteiger partial charge on any atom is 0.257 e. The van der Waals surface area contributed by atoms with Crippen LogP contribution in [-0.2, 0) is 16.1 Å². The maximum absolute atomic E-state index is 13.3. The van der Waals surface area contributed by atoms with E-state index < -0.39 is 0 Å². The fourth-order valence-corrected chi connectivity index (χ4v) is 4.21. The Morgan fingerprint density at radius 2 is 1.88 bits per heavy atom. The fourth-order valence-electron chi connectivity index (χ4n) is 4.21. The molecule has 0 saturated carbocycles. The van der Waals surface area contributed by atoms with Gasteiger partial charge in [0.05, 0.1) is 11.7 Å². The molecule has 0 spiro atoms. The van der Waals surface area contributed by atoms with Crippen LogP contribution >= 0.6 is 0 Å². The Kier molecular flexibility index (Phi) is 9.07. The molecular weight excluding hydrogens is 430 g/mol. The Labute approximate surface area is 203 Å². The Hall–Kier alpha value is -2.90. The topological polar surface area (TPSA) is 71.1 Å². The number of benzene rings is 2. The summed E-state index contributed by atoms with van der Waals surface area (Å²) in [5, 5.41) is 2.85. The summed E-state index contributed by atoms with van der Waals surface area (Å²) in [7, 11) is 3.49. The number of anilines is 1. The second kappa shape index (κ2) is 12.0. The third kappa shape index (κ3) is 6.58. The van der Waals surface area contributed by atoms with Gasteiger partial charge in [-0.15, -0.1) is 0 Å². The molecule has 1 N–H and O–H groups in total. The second-order valence-electron chi connectivity index (χ2n) is 9.12. The Balaban J connectivity index is 1.94. The lowest BCUT2D eigenvalue weighted by Gasteiger charge is -2.36. The predicted octanol–water partition coefficient (Wildman–Crippen LogP) is 4.04. The minimum absolute atomic E-state index is 0.0872. The summed E-state index contributed by atoms with van der Waals surface area (Å²) in [5.41, 5.74) is 2.33.